The van der Waals surface area contributed by atoms with Crippen molar-refractivity contribution in [3.05, 3.63) is 55.0 Å². The lowest BCUT2D eigenvalue weighted by atomic mass is 10.00. The fourth-order valence-electron chi connectivity index (χ4n) is 3.80. The fourth-order valence-corrected chi connectivity index (χ4v) is 3.80. The summed E-state index contributed by atoms with van der Waals surface area (Å²) in [4.78, 5) is 18.0. The summed E-state index contributed by atoms with van der Waals surface area (Å²) in [5.41, 5.74) is 9.28. The Morgan fingerprint density at radius 2 is 1.69 bits per heavy atom. The topological polar surface area (TPSA) is 84.3 Å². The first-order valence-electron chi connectivity index (χ1n) is 9.69. The van der Waals surface area contributed by atoms with Gasteiger partial charge in [-0.1, -0.05) is 30.3 Å². The molecule has 29 heavy (non-hydrogen) atoms. The average Bonchev–Trinajstić information content (AvgIpc) is 3.15. The Balaban J connectivity index is 1.75. The maximum absolute atomic E-state index is 6.26. The lowest BCUT2D eigenvalue weighted by Gasteiger charge is -2.33. The second kappa shape index (κ2) is 7.18. The number of aromatic nitrogens is 3. The Morgan fingerprint density at radius 3 is 2.41 bits per heavy atom. The van der Waals surface area contributed by atoms with Crippen molar-refractivity contribution < 1.29 is 4.42 Å². The summed E-state index contributed by atoms with van der Waals surface area (Å²) in [6.07, 6.45) is 3.32. The van der Waals surface area contributed by atoms with E-state index in [1.54, 1.807) is 18.6 Å². The normalized spacial score (nSPS) is 15.1. The summed E-state index contributed by atoms with van der Waals surface area (Å²) in [6, 6.07) is 13.9. The molecule has 4 heterocycles. The second-order valence-electron chi connectivity index (χ2n) is 7.31. The number of anilines is 2. The Bertz CT molecular complexity index is 1130. The zero-order valence-electron chi connectivity index (χ0n) is 16.2. The summed E-state index contributed by atoms with van der Waals surface area (Å²) < 4.78 is 6.26. The number of rotatable bonds is 3. The molecule has 0 aliphatic carbocycles. The number of nitrogens with two attached hydrogens (primary N) is 1. The van der Waals surface area contributed by atoms with Crippen LogP contribution in [0.25, 0.3) is 33.6 Å². The Labute approximate surface area is 168 Å². The maximum atomic E-state index is 6.26. The minimum atomic E-state index is 0.476. The molecule has 0 bridgehead atoms. The van der Waals surface area contributed by atoms with E-state index >= 15 is 0 Å². The highest BCUT2D eigenvalue weighted by Gasteiger charge is 2.26. The van der Waals surface area contributed by atoms with E-state index in [-0.39, 0.29) is 0 Å². The van der Waals surface area contributed by atoms with Gasteiger partial charge in [-0.3, -0.25) is 0 Å². The third kappa shape index (κ3) is 3.19. The first-order valence-corrected chi connectivity index (χ1v) is 9.69. The number of hydrogen-bond acceptors (Lipinski definition) is 7. The lowest BCUT2D eigenvalue weighted by molar-refractivity contribution is 0.312. The Kier molecular flexibility index (Phi) is 4.37. The molecule has 0 saturated carbocycles. The van der Waals surface area contributed by atoms with E-state index in [9.17, 15) is 0 Å². The highest BCUT2D eigenvalue weighted by atomic mass is 16.3. The number of nitrogen functional groups attached to an aromatic ring is 1. The smallest absolute Gasteiger partial charge is 0.232 e. The zero-order valence-corrected chi connectivity index (χ0v) is 16.2. The Morgan fingerprint density at radius 1 is 0.897 bits per heavy atom. The van der Waals surface area contributed by atoms with Gasteiger partial charge in [-0.25, -0.2) is 15.0 Å². The van der Waals surface area contributed by atoms with Crippen LogP contribution in [0.2, 0.25) is 0 Å². The predicted octanol–water partition coefficient (Wildman–Crippen LogP) is 3.29. The number of fused-ring (bicyclic) bond motifs is 1. The van der Waals surface area contributed by atoms with E-state index in [0.717, 1.165) is 59.8 Å². The zero-order chi connectivity index (χ0) is 19.8. The molecule has 1 fully saturated rings. The van der Waals surface area contributed by atoms with Crippen molar-refractivity contribution in [2.24, 2.45) is 0 Å². The van der Waals surface area contributed by atoms with E-state index in [0.29, 0.717) is 11.5 Å². The highest BCUT2D eigenvalue weighted by molar-refractivity contribution is 6.06. The van der Waals surface area contributed by atoms with Gasteiger partial charge < -0.3 is 20.0 Å². The monoisotopic (exact) mass is 386 g/mol. The summed E-state index contributed by atoms with van der Waals surface area (Å²) >= 11 is 0. The van der Waals surface area contributed by atoms with Crippen LogP contribution in [0.4, 0.5) is 11.6 Å². The van der Waals surface area contributed by atoms with Crippen LogP contribution < -0.4 is 10.6 Å². The van der Waals surface area contributed by atoms with Crippen molar-refractivity contribution in [3.63, 3.8) is 0 Å². The van der Waals surface area contributed by atoms with Gasteiger partial charge in [0.15, 0.2) is 0 Å². The molecule has 2 N–H and O–H groups in total. The molecule has 1 aromatic carbocycles. The summed E-state index contributed by atoms with van der Waals surface area (Å²) in [5, 5.41) is 0.940. The molecule has 7 heteroatoms. The van der Waals surface area contributed by atoms with E-state index in [1.165, 1.54) is 0 Å². The molecule has 4 aromatic rings. The molecule has 5 rings (SSSR count). The van der Waals surface area contributed by atoms with E-state index in [2.05, 4.69) is 43.9 Å². The molecule has 146 valence electrons. The van der Waals surface area contributed by atoms with Crippen LogP contribution >= 0.6 is 0 Å². The number of pyridine rings is 1. The number of nitrogens with zero attached hydrogens (tertiary/aromatic N) is 5. The Hall–Kier alpha value is -3.45. The molecular formula is C22H22N6O. The van der Waals surface area contributed by atoms with Crippen LogP contribution in [0.5, 0.6) is 0 Å². The highest BCUT2D eigenvalue weighted by Crippen LogP contribution is 2.43. The number of hydrogen-bond donors (Lipinski definition) is 1. The summed E-state index contributed by atoms with van der Waals surface area (Å²) in [5.74, 6) is 2.12. The minimum Gasteiger partial charge on any atom is -0.437 e. The number of piperazine rings is 1. The lowest BCUT2D eigenvalue weighted by Crippen LogP contribution is -2.44. The van der Waals surface area contributed by atoms with Gasteiger partial charge in [0.2, 0.25) is 5.71 Å². The third-order valence-corrected chi connectivity index (χ3v) is 5.38. The summed E-state index contributed by atoms with van der Waals surface area (Å²) in [7, 11) is 2.15. The molecule has 0 unspecified atom stereocenters. The SMILES string of the molecule is CN1CCN(c2ncnc3oc(-c4ccc(N)nc4)c(-c4ccccc4)c23)CC1. The van der Waals surface area contributed by atoms with Gasteiger partial charge in [0.05, 0.1) is 5.39 Å². The van der Waals surface area contributed by atoms with Crippen LogP contribution in [-0.4, -0.2) is 53.1 Å². The van der Waals surface area contributed by atoms with Gasteiger partial charge in [0.25, 0.3) is 0 Å². The first-order chi connectivity index (χ1) is 14.2. The van der Waals surface area contributed by atoms with E-state index in [4.69, 9.17) is 10.2 Å². The van der Waals surface area contributed by atoms with Gasteiger partial charge in [-0.05, 0) is 24.7 Å². The van der Waals surface area contributed by atoms with Gasteiger partial charge in [-0.15, -0.1) is 0 Å². The largest absolute Gasteiger partial charge is 0.437 e. The molecule has 0 atom stereocenters. The molecule has 0 radical (unpaired) electrons. The quantitative estimate of drug-likeness (QED) is 0.578. The van der Waals surface area contributed by atoms with E-state index < -0.39 is 0 Å². The molecule has 7 nitrogen and oxygen atoms in total. The van der Waals surface area contributed by atoms with Crippen molar-refractivity contribution >= 4 is 22.7 Å². The van der Waals surface area contributed by atoms with Crippen molar-refractivity contribution in [3.8, 4) is 22.5 Å². The molecule has 1 aliphatic rings. The molecule has 0 spiro atoms. The van der Waals surface area contributed by atoms with Crippen LogP contribution in [0.3, 0.4) is 0 Å². The molecule has 1 saturated heterocycles. The summed E-state index contributed by atoms with van der Waals surface area (Å²) in [6.45, 7) is 3.83. The van der Waals surface area contributed by atoms with Crippen LogP contribution in [-0.2, 0) is 0 Å². The third-order valence-electron chi connectivity index (χ3n) is 5.38. The van der Waals surface area contributed by atoms with Gasteiger partial charge in [-0.2, -0.15) is 0 Å². The van der Waals surface area contributed by atoms with Gasteiger partial charge in [0.1, 0.15) is 23.7 Å². The first kappa shape index (κ1) is 17.6. The predicted molar refractivity (Wildman–Crippen MR) is 115 cm³/mol. The molecule has 1 aliphatic heterocycles. The van der Waals surface area contributed by atoms with E-state index in [1.807, 2.05) is 24.3 Å². The van der Waals surface area contributed by atoms with Crippen LogP contribution in [0.15, 0.2) is 59.4 Å². The molecule has 0 amide bonds. The van der Waals surface area contributed by atoms with Crippen molar-refractivity contribution in [1.82, 2.24) is 19.9 Å². The second-order valence-corrected chi connectivity index (χ2v) is 7.31. The van der Waals surface area contributed by atoms with Gasteiger partial charge >= 0.3 is 0 Å². The maximum Gasteiger partial charge on any atom is 0.232 e. The van der Waals surface area contributed by atoms with Gasteiger partial charge in [0, 0.05) is 43.5 Å². The van der Waals surface area contributed by atoms with Crippen LogP contribution in [0, 0.1) is 0 Å². The van der Waals surface area contributed by atoms with Crippen molar-refractivity contribution in [2.45, 2.75) is 0 Å². The number of furan rings is 1. The molecular weight excluding hydrogens is 364 g/mol. The van der Waals surface area contributed by atoms with Crippen LogP contribution in [0.1, 0.15) is 0 Å². The average molecular weight is 386 g/mol. The van der Waals surface area contributed by atoms with Crippen molar-refractivity contribution in [1.29, 1.82) is 0 Å². The van der Waals surface area contributed by atoms with Crippen molar-refractivity contribution in [2.75, 3.05) is 43.9 Å². The fraction of sp³-hybridized carbons (Fsp3) is 0.227. The number of benzene rings is 1. The molecule has 3 aromatic heterocycles. The standard InChI is InChI=1S/C22H22N6O/c1-27-9-11-28(12-10-27)21-19-18(15-5-3-2-4-6-15)20(29-22(19)26-14-25-21)16-7-8-17(23)24-13-16/h2-8,13-14H,9-12H2,1H3,(H2,23,24). The number of likely N-dealkylation sites (N-methyl/N-ethyl adjacent to an activating group) is 1. The minimum absolute atomic E-state index is 0.476.